The molecule has 0 spiro atoms. The van der Waals surface area contributed by atoms with E-state index in [1.54, 1.807) is 6.07 Å². The smallest absolute Gasteiger partial charge is 0.253 e. The molecule has 3 nitrogen and oxygen atoms in total. The number of rotatable bonds is 2. The van der Waals surface area contributed by atoms with Gasteiger partial charge in [-0.15, -0.1) is 0 Å². The number of amides is 1. The van der Waals surface area contributed by atoms with E-state index in [-0.39, 0.29) is 5.91 Å². The van der Waals surface area contributed by atoms with Gasteiger partial charge in [0.15, 0.2) is 0 Å². The standard InChI is InChI=1S/C18H23ClN2O/c19-16-3-1-2-15(12-16)18(22)21-8-6-20(7-9-21)17-11-13-4-5-14(17)10-13/h1-3,12-14,17H,4-11H2/t13-,14+,17+/m0/s1. The Morgan fingerprint density at radius 2 is 1.91 bits per heavy atom. The zero-order valence-electron chi connectivity index (χ0n) is 12.9. The predicted molar refractivity (Wildman–Crippen MR) is 88.2 cm³/mol. The van der Waals surface area contributed by atoms with Gasteiger partial charge in [-0.3, -0.25) is 9.69 Å². The SMILES string of the molecule is O=C(c1cccc(Cl)c1)N1CCN([C@@H]2C[C@H]3CC[C@@H]2C3)CC1. The highest BCUT2D eigenvalue weighted by Gasteiger charge is 2.42. The summed E-state index contributed by atoms with van der Waals surface area (Å²) in [7, 11) is 0. The molecule has 0 radical (unpaired) electrons. The Hall–Kier alpha value is -1.06. The van der Waals surface area contributed by atoms with Crippen molar-refractivity contribution in [1.82, 2.24) is 9.80 Å². The van der Waals surface area contributed by atoms with Gasteiger partial charge in [-0.1, -0.05) is 24.1 Å². The van der Waals surface area contributed by atoms with Crippen LogP contribution in [0.3, 0.4) is 0 Å². The van der Waals surface area contributed by atoms with Crippen molar-refractivity contribution in [2.24, 2.45) is 11.8 Å². The summed E-state index contributed by atoms with van der Waals surface area (Å²) in [6.45, 7) is 3.75. The molecule has 1 aromatic carbocycles. The van der Waals surface area contributed by atoms with E-state index in [1.165, 1.54) is 25.7 Å². The lowest BCUT2D eigenvalue weighted by atomic mass is 9.93. The highest BCUT2D eigenvalue weighted by molar-refractivity contribution is 6.30. The maximum absolute atomic E-state index is 12.6. The maximum Gasteiger partial charge on any atom is 0.253 e. The van der Waals surface area contributed by atoms with E-state index in [9.17, 15) is 4.79 Å². The van der Waals surface area contributed by atoms with Crippen molar-refractivity contribution in [3.05, 3.63) is 34.9 Å². The normalized spacial score (nSPS) is 31.7. The number of halogens is 1. The Balaban J connectivity index is 1.36. The first kappa shape index (κ1) is 14.5. The van der Waals surface area contributed by atoms with E-state index >= 15 is 0 Å². The van der Waals surface area contributed by atoms with Crippen LogP contribution in [0, 0.1) is 11.8 Å². The number of hydrogen-bond donors (Lipinski definition) is 0. The van der Waals surface area contributed by atoms with Gasteiger partial charge < -0.3 is 4.90 Å². The van der Waals surface area contributed by atoms with Gasteiger partial charge in [-0.25, -0.2) is 0 Å². The van der Waals surface area contributed by atoms with Crippen molar-refractivity contribution in [2.75, 3.05) is 26.2 Å². The van der Waals surface area contributed by atoms with E-state index in [1.807, 2.05) is 23.1 Å². The Morgan fingerprint density at radius 1 is 1.09 bits per heavy atom. The highest BCUT2D eigenvalue weighted by atomic mass is 35.5. The van der Waals surface area contributed by atoms with Crippen molar-refractivity contribution in [3.63, 3.8) is 0 Å². The molecule has 1 saturated heterocycles. The summed E-state index contributed by atoms with van der Waals surface area (Å²) in [4.78, 5) is 17.2. The first-order valence-electron chi connectivity index (χ1n) is 8.49. The average Bonchev–Trinajstić information content (AvgIpc) is 3.17. The minimum Gasteiger partial charge on any atom is -0.336 e. The first-order valence-corrected chi connectivity index (χ1v) is 8.87. The number of piperazine rings is 1. The first-order chi connectivity index (χ1) is 10.7. The minimum absolute atomic E-state index is 0.120. The second-order valence-corrected chi connectivity index (χ2v) is 7.52. The van der Waals surface area contributed by atoms with E-state index in [4.69, 9.17) is 11.6 Å². The lowest BCUT2D eigenvalue weighted by Crippen LogP contribution is -2.53. The number of fused-ring (bicyclic) bond motifs is 2. The molecule has 0 N–H and O–H groups in total. The predicted octanol–water partition coefficient (Wildman–Crippen LogP) is 3.29. The third-order valence-electron chi connectivity index (χ3n) is 5.84. The van der Waals surface area contributed by atoms with Crippen LogP contribution in [0.2, 0.25) is 5.02 Å². The van der Waals surface area contributed by atoms with Crippen LogP contribution in [-0.4, -0.2) is 47.9 Å². The Bertz CT molecular complexity index is 568. The van der Waals surface area contributed by atoms with Gasteiger partial charge in [-0.2, -0.15) is 0 Å². The molecule has 2 aliphatic carbocycles. The second-order valence-electron chi connectivity index (χ2n) is 7.08. The van der Waals surface area contributed by atoms with E-state index in [0.717, 1.165) is 44.1 Å². The minimum atomic E-state index is 0.120. The molecule has 118 valence electrons. The summed E-state index contributed by atoms with van der Waals surface area (Å²) in [6.07, 6.45) is 5.73. The van der Waals surface area contributed by atoms with Gasteiger partial charge in [0, 0.05) is 42.8 Å². The van der Waals surface area contributed by atoms with Crippen molar-refractivity contribution in [2.45, 2.75) is 31.7 Å². The molecular formula is C18H23ClN2O. The molecule has 3 atom stereocenters. The van der Waals surface area contributed by atoms with E-state index in [0.29, 0.717) is 10.6 Å². The molecule has 3 aliphatic rings. The fourth-order valence-corrected chi connectivity index (χ4v) is 4.91. The largest absolute Gasteiger partial charge is 0.336 e. The molecule has 1 aliphatic heterocycles. The number of nitrogens with zero attached hydrogens (tertiary/aromatic N) is 2. The van der Waals surface area contributed by atoms with Gasteiger partial charge in [0.25, 0.3) is 5.91 Å². The van der Waals surface area contributed by atoms with Gasteiger partial charge in [-0.05, 0) is 49.3 Å². The van der Waals surface area contributed by atoms with Crippen molar-refractivity contribution in [1.29, 1.82) is 0 Å². The molecule has 1 aromatic rings. The van der Waals surface area contributed by atoms with Crippen LogP contribution in [0.25, 0.3) is 0 Å². The van der Waals surface area contributed by atoms with Crippen molar-refractivity contribution < 1.29 is 4.79 Å². The Morgan fingerprint density at radius 3 is 2.55 bits per heavy atom. The maximum atomic E-state index is 12.6. The fraction of sp³-hybridized carbons (Fsp3) is 0.611. The second kappa shape index (κ2) is 5.86. The molecular weight excluding hydrogens is 296 g/mol. The molecule has 22 heavy (non-hydrogen) atoms. The summed E-state index contributed by atoms with van der Waals surface area (Å²) in [5.41, 5.74) is 0.709. The van der Waals surface area contributed by atoms with Crippen LogP contribution >= 0.6 is 11.6 Å². The van der Waals surface area contributed by atoms with Gasteiger partial charge in [0.05, 0.1) is 0 Å². The lowest BCUT2D eigenvalue weighted by Gasteiger charge is -2.41. The monoisotopic (exact) mass is 318 g/mol. The Kier molecular flexibility index (Phi) is 3.87. The lowest BCUT2D eigenvalue weighted by molar-refractivity contribution is 0.0496. The summed E-state index contributed by atoms with van der Waals surface area (Å²) >= 11 is 5.99. The van der Waals surface area contributed by atoms with Crippen LogP contribution in [0.5, 0.6) is 0 Å². The van der Waals surface area contributed by atoms with E-state index < -0.39 is 0 Å². The van der Waals surface area contributed by atoms with Crippen molar-refractivity contribution >= 4 is 17.5 Å². The van der Waals surface area contributed by atoms with Crippen LogP contribution in [-0.2, 0) is 0 Å². The molecule has 0 aromatic heterocycles. The fourth-order valence-electron chi connectivity index (χ4n) is 4.72. The average molecular weight is 319 g/mol. The summed E-state index contributed by atoms with van der Waals surface area (Å²) < 4.78 is 0. The van der Waals surface area contributed by atoms with Gasteiger partial charge >= 0.3 is 0 Å². The molecule has 1 heterocycles. The van der Waals surface area contributed by atoms with E-state index in [2.05, 4.69) is 4.90 Å². The molecule has 2 saturated carbocycles. The number of carbonyl (C=O) groups is 1. The topological polar surface area (TPSA) is 23.6 Å². The zero-order chi connectivity index (χ0) is 15.1. The van der Waals surface area contributed by atoms with Crippen LogP contribution in [0.15, 0.2) is 24.3 Å². The van der Waals surface area contributed by atoms with Crippen LogP contribution < -0.4 is 0 Å². The van der Waals surface area contributed by atoms with Gasteiger partial charge in [0.2, 0.25) is 0 Å². The van der Waals surface area contributed by atoms with Gasteiger partial charge in [0.1, 0.15) is 0 Å². The molecule has 3 fully saturated rings. The van der Waals surface area contributed by atoms with Crippen molar-refractivity contribution in [3.8, 4) is 0 Å². The summed E-state index contributed by atoms with van der Waals surface area (Å²) in [5.74, 6) is 2.04. The van der Waals surface area contributed by atoms with Crippen LogP contribution in [0.1, 0.15) is 36.0 Å². The number of carbonyl (C=O) groups excluding carboxylic acids is 1. The highest BCUT2D eigenvalue weighted by Crippen LogP contribution is 2.46. The summed E-state index contributed by atoms with van der Waals surface area (Å²) in [6, 6.07) is 8.08. The Labute approximate surface area is 137 Å². The number of hydrogen-bond acceptors (Lipinski definition) is 2. The molecule has 2 bridgehead atoms. The molecule has 1 amide bonds. The summed E-state index contributed by atoms with van der Waals surface area (Å²) in [5, 5.41) is 0.631. The van der Waals surface area contributed by atoms with Crippen LogP contribution in [0.4, 0.5) is 0 Å². The zero-order valence-corrected chi connectivity index (χ0v) is 13.6. The third-order valence-corrected chi connectivity index (χ3v) is 6.08. The molecule has 0 unspecified atom stereocenters. The third kappa shape index (κ3) is 2.65. The molecule has 4 rings (SSSR count). The quantitative estimate of drug-likeness (QED) is 0.835. The number of benzene rings is 1. The molecule has 4 heteroatoms.